The first-order valence-corrected chi connectivity index (χ1v) is 8.01. The smallest absolute Gasteiger partial charge is 0.250 e. The molecule has 0 spiro atoms. The highest BCUT2D eigenvalue weighted by atomic mass is 32.2. The third kappa shape index (κ3) is 4.14. The predicted molar refractivity (Wildman–Crippen MR) is 92.4 cm³/mol. The van der Waals surface area contributed by atoms with E-state index in [2.05, 4.69) is 20.5 Å². The van der Waals surface area contributed by atoms with Crippen molar-refractivity contribution in [1.82, 2.24) is 15.4 Å². The van der Waals surface area contributed by atoms with E-state index < -0.39 is 0 Å². The summed E-state index contributed by atoms with van der Waals surface area (Å²) < 4.78 is 0. The van der Waals surface area contributed by atoms with Crippen molar-refractivity contribution in [2.24, 2.45) is 5.10 Å². The molecule has 3 aromatic rings. The van der Waals surface area contributed by atoms with Gasteiger partial charge in [0.2, 0.25) is 0 Å². The molecule has 1 heterocycles. The highest BCUT2D eigenvalue weighted by molar-refractivity contribution is 7.99. The van der Waals surface area contributed by atoms with Crippen LogP contribution in [0.25, 0.3) is 10.8 Å². The van der Waals surface area contributed by atoms with E-state index in [1.54, 1.807) is 24.7 Å². The van der Waals surface area contributed by atoms with E-state index in [4.69, 9.17) is 0 Å². The molecular weight excluding hydrogens is 308 g/mol. The molecule has 0 fully saturated rings. The number of nitrogens with zero attached hydrogens (tertiary/aromatic N) is 3. The summed E-state index contributed by atoms with van der Waals surface area (Å²) in [4.78, 5) is 19.9. The van der Waals surface area contributed by atoms with Crippen molar-refractivity contribution in [3.05, 3.63) is 66.5 Å². The second kappa shape index (κ2) is 7.51. The zero-order valence-electron chi connectivity index (χ0n) is 12.2. The van der Waals surface area contributed by atoms with Gasteiger partial charge in [-0.15, -0.1) is 0 Å². The van der Waals surface area contributed by atoms with Crippen LogP contribution in [0.3, 0.4) is 0 Å². The maximum atomic E-state index is 11.8. The summed E-state index contributed by atoms with van der Waals surface area (Å²) in [6.07, 6.45) is 4.95. The molecule has 0 saturated heterocycles. The monoisotopic (exact) mass is 322 g/mol. The molecule has 1 amide bonds. The lowest BCUT2D eigenvalue weighted by Crippen LogP contribution is -2.19. The average molecular weight is 322 g/mol. The Hall–Kier alpha value is -2.73. The zero-order chi connectivity index (χ0) is 15.9. The SMILES string of the molecule is O=C(CSc1ncccn1)N/N=C/c1cccc2ccccc12. The van der Waals surface area contributed by atoms with E-state index in [0.29, 0.717) is 5.16 Å². The lowest BCUT2D eigenvalue weighted by molar-refractivity contribution is -0.118. The maximum absolute atomic E-state index is 11.8. The Morgan fingerprint density at radius 3 is 2.74 bits per heavy atom. The Morgan fingerprint density at radius 2 is 1.87 bits per heavy atom. The van der Waals surface area contributed by atoms with Crippen LogP contribution in [-0.4, -0.2) is 27.8 Å². The van der Waals surface area contributed by atoms with Gasteiger partial charge in [-0.2, -0.15) is 5.10 Å². The minimum atomic E-state index is -0.195. The molecule has 0 aliphatic rings. The molecule has 6 heteroatoms. The minimum absolute atomic E-state index is 0.195. The Bertz CT molecular complexity index is 831. The van der Waals surface area contributed by atoms with Gasteiger partial charge in [0.1, 0.15) is 0 Å². The van der Waals surface area contributed by atoms with Crippen molar-refractivity contribution in [2.75, 3.05) is 5.75 Å². The van der Waals surface area contributed by atoms with Crippen LogP contribution >= 0.6 is 11.8 Å². The molecule has 3 rings (SSSR count). The number of carbonyl (C=O) groups is 1. The van der Waals surface area contributed by atoms with Crippen molar-refractivity contribution in [2.45, 2.75) is 5.16 Å². The van der Waals surface area contributed by atoms with Crippen LogP contribution in [0.4, 0.5) is 0 Å². The van der Waals surface area contributed by atoms with Gasteiger partial charge in [-0.05, 0) is 16.8 Å². The van der Waals surface area contributed by atoms with Gasteiger partial charge in [-0.1, -0.05) is 54.2 Å². The van der Waals surface area contributed by atoms with Gasteiger partial charge in [-0.25, -0.2) is 15.4 Å². The van der Waals surface area contributed by atoms with Gasteiger partial charge in [0.05, 0.1) is 12.0 Å². The minimum Gasteiger partial charge on any atom is -0.272 e. The fourth-order valence-corrected chi connectivity index (χ4v) is 2.65. The summed E-state index contributed by atoms with van der Waals surface area (Å²) >= 11 is 1.27. The van der Waals surface area contributed by atoms with E-state index in [-0.39, 0.29) is 11.7 Å². The second-order valence-electron chi connectivity index (χ2n) is 4.68. The number of hydrazone groups is 1. The largest absolute Gasteiger partial charge is 0.272 e. The highest BCUT2D eigenvalue weighted by Crippen LogP contribution is 2.16. The fraction of sp³-hybridized carbons (Fsp3) is 0.0588. The molecule has 0 saturated carbocycles. The Balaban J connectivity index is 1.59. The van der Waals surface area contributed by atoms with Gasteiger partial charge in [0.15, 0.2) is 5.16 Å². The van der Waals surface area contributed by atoms with Crippen LogP contribution in [0, 0.1) is 0 Å². The fourth-order valence-electron chi connectivity index (χ4n) is 2.06. The molecule has 114 valence electrons. The zero-order valence-corrected chi connectivity index (χ0v) is 13.0. The number of rotatable bonds is 5. The number of benzene rings is 2. The van der Waals surface area contributed by atoms with Crippen molar-refractivity contribution in [3.8, 4) is 0 Å². The van der Waals surface area contributed by atoms with E-state index in [1.165, 1.54) is 11.8 Å². The molecule has 0 aliphatic heterocycles. The van der Waals surface area contributed by atoms with Crippen molar-refractivity contribution in [1.29, 1.82) is 0 Å². The molecule has 2 aromatic carbocycles. The first-order valence-electron chi connectivity index (χ1n) is 7.02. The topological polar surface area (TPSA) is 67.2 Å². The van der Waals surface area contributed by atoms with Gasteiger partial charge < -0.3 is 0 Å². The lowest BCUT2D eigenvalue weighted by Gasteiger charge is -2.02. The molecular formula is C17H14N4OS. The number of hydrogen-bond donors (Lipinski definition) is 1. The Labute approximate surface area is 137 Å². The first-order chi connectivity index (χ1) is 11.3. The summed E-state index contributed by atoms with van der Waals surface area (Å²) in [6.45, 7) is 0. The van der Waals surface area contributed by atoms with Crippen LogP contribution in [0.15, 0.2) is 71.2 Å². The number of thioether (sulfide) groups is 1. The number of carbonyl (C=O) groups excluding carboxylic acids is 1. The van der Waals surface area contributed by atoms with Crippen LogP contribution in [0.5, 0.6) is 0 Å². The molecule has 0 radical (unpaired) electrons. The molecule has 1 N–H and O–H groups in total. The third-order valence-electron chi connectivity index (χ3n) is 3.09. The summed E-state index contributed by atoms with van der Waals surface area (Å²) in [5.74, 6) is 0.0237. The molecule has 23 heavy (non-hydrogen) atoms. The second-order valence-corrected chi connectivity index (χ2v) is 5.62. The predicted octanol–water partition coefficient (Wildman–Crippen LogP) is 2.87. The van der Waals surface area contributed by atoms with Crippen LogP contribution in [0.1, 0.15) is 5.56 Å². The van der Waals surface area contributed by atoms with Gasteiger partial charge in [-0.3, -0.25) is 4.79 Å². The van der Waals surface area contributed by atoms with Crippen LogP contribution in [-0.2, 0) is 4.79 Å². The Morgan fingerprint density at radius 1 is 1.09 bits per heavy atom. The summed E-state index contributed by atoms with van der Waals surface area (Å²) in [6, 6.07) is 15.8. The maximum Gasteiger partial charge on any atom is 0.250 e. The summed E-state index contributed by atoms with van der Waals surface area (Å²) in [5, 5.41) is 6.83. The molecule has 5 nitrogen and oxygen atoms in total. The first kappa shape index (κ1) is 15.2. The third-order valence-corrected chi connectivity index (χ3v) is 3.97. The van der Waals surface area contributed by atoms with Crippen molar-refractivity contribution >= 4 is 34.7 Å². The van der Waals surface area contributed by atoms with E-state index in [0.717, 1.165) is 16.3 Å². The molecule has 0 bridgehead atoms. The van der Waals surface area contributed by atoms with Gasteiger partial charge in [0, 0.05) is 18.0 Å². The van der Waals surface area contributed by atoms with Crippen molar-refractivity contribution in [3.63, 3.8) is 0 Å². The summed E-state index contributed by atoms with van der Waals surface area (Å²) in [5.41, 5.74) is 3.48. The quantitative estimate of drug-likeness (QED) is 0.339. The van der Waals surface area contributed by atoms with E-state index in [9.17, 15) is 4.79 Å². The van der Waals surface area contributed by atoms with Crippen LogP contribution < -0.4 is 5.43 Å². The number of nitrogens with one attached hydrogen (secondary N) is 1. The van der Waals surface area contributed by atoms with Gasteiger partial charge in [0.25, 0.3) is 5.91 Å². The standard InChI is InChI=1S/C17H14N4OS/c22-16(12-23-17-18-9-4-10-19-17)21-20-11-14-7-3-6-13-5-1-2-8-15(13)14/h1-11H,12H2,(H,21,22)/b20-11+. The summed E-state index contributed by atoms with van der Waals surface area (Å²) in [7, 11) is 0. The number of amides is 1. The number of fused-ring (bicyclic) bond motifs is 1. The normalized spacial score (nSPS) is 11.0. The van der Waals surface area contributed by atoms with E-state index >= 15 is 0 Å². The lowest BCUT2D eigenvalue weighted by atomic mass is 10.1. The van der Waals surface area contributed by atoms with E-state index in [1.807, 2.05) is 42.5 Å². The Kier molecular flexibility index (Phi) is 4.95. The highest BCUT2D eigenvalue weighted by Gasteiger charge is 2.03. The number of aromatic nitrogens is 2. The molecule has 1 aromatic heterocycles. The molecule has 0 atom stereocenters. The molecule has 0 aliphatic carbocycles. The van der Waals surface area contributed by atoms with Gasteiger partial charge >= 0.3 is 0 Å². The van der Waals surface area contributed by atoms with Crippen molar-refractivity contribution < 1.29 is 4.79 Å². The van der Waals surface area contributed by atoms with Crippen LogP contribution in [0.2, 0.25) is 0 Å². The molecule has 0 unspecified atom stereocenters. The number of hydrogen-bond acceptors (Lipinski definition) is 5. The average Bonchev–Trinajstić information content (AvgIpc) is 2.61.